The van der Waals surface area contributed by atoms with E-state index < -0.39 is 11.6 Å². The number of nitrogens with zero attached hydrogens (tertiary/aromatic N) is 1. The van der Waals surface area contributed by atoms with Crippen molar-refractivity contribution in [2.24, 2.45) is 11.3 Å². The minimum atomic E-state index is -0.518. The monoisotopic (exact) mass is 549 g/mol. The fraction of sp³-hybridized carbons (Fsp3) is 0.455. The number of carbonyl (C=O) groups is 1. The summed E-state index contributed by atoms with van der Waals surface area (Å²) < 4.78 is 46.9. The van der Waals surface area contributed by atoms with Crippen LogP contribution in [0.5, 0.6) is 11.6 Å². The van der Waals surface area contributed by atoms with Gasteiger partial charge in [-0.15, -0.1) is 0 Å². The highest BCUT2D eigenvalue weighted by atomic mass is 19.1. The van der Waals surface area contributed by atoms with E-state index in [1.165, 1.54) is 26.4 Å². The molecule has 40 heavy (non-hydrogen) atoms. The molecule has 2 atom stereocenters. The molecule has 2 fully saturated rings. The number of esters is 1. The van der Waals surface area contributed by atoms with E-state index in [4.69, 9.17) is 14.2 Å². The number of halogens is 2. The summed E-state index contributed by atoms with van der Waals surface area (Å²) in [5, 5.41) is 0. The molecule has 0 saturated heterocycles. The van der Waals surface area contributed by atoms with Crippen LogP contribution in [-0.4, -0.2) is 25.2 Å². The van der Waals surface area contributed by atoms with Gasteiger partial charge in [0.15, 0.2) is 0 Å². The highest BCUT2D eigenvalue weighted by molar-refractivity contribution is 5.71. The van der Waals surface area contributed by atoms with Gasteiger partial charge in [0.2, 0.25) is 5.88 Å². The van der Waals surface area contributed by atoms with Crippen molar-refractivity contribution >= 4 is 5.97 Å². The molecule has 3 aromatic rings. The molecule has 212 valence electrons. The maximum absolute atomic E-state index is 15.6. The summed E-state index contributed by atoms with van der Waals surface area (Å²) in [6, 6.07) is 12.5. The molecular formula is C33H37F2NO4. The third-order valence-electron chi connectivity index (χ3n) is 8.67. The quantitative estimate of drug-likeness (QED) is 0.240. The minimum Gasteiger partial charge on any atom is -0.489 e. The van der Waals surface area contributed by atoms with Crippen LogP contribution in [-0.2, 0) is 16.1 Å². The zero-order valence-corrected chi connectivity index (χ0v) is 23.6. The van der Waals surface area contributed by atoms with Gasteiger partial charge in [0.05, 0.1) is 26.8 Å². The van der Waals surface area contributed by atoms with Crippen molar-refractivity contribution in [3.05, 3.63) is 77.0 Å². The van der Waals surface area contributed by atoms with Gasteiger partial charge < -0.3 is 14.2 Å². The molecule has 0 amide bonds. The first-order valence-electron chi connectivity index (χ1n) is 14.0. The van der Waals surface area contributed by atoms with E-state index in [1.54, 1.807) is 0 Å². The number of rotatable bonds is 10. The van der Waals surface area contributed by atoms with Crippen LogP contribution in [0.4, 0.5) is 8.78 Å². The summed E-state index contributed by atoms with van der Waals surface area (Å²) in [4.78, 5) is 16.0. The molecule has 2 aromatic carbocycles. The Bertz CT molecular complexity index is 1380. The lowest BCUT2D eigenvalue weighted by molar-refractivity contribution is -0.141. The number of ether oxygens (including phenoxy) is 3. The highest BCUT2D eigenvalue weighted by Gasteiger charge is 2.38. The number of methoxy groups -OCH3 is 2. The Kier molecular flexibility index (Phi) is 8.11. The van der Waals surface area contributed by atoms with E-state index in [1.807, 2.05) is 30.3 Å². The smallest absolute Gasteiger partial charge is 0.306 e. The molecule has 0 unspecified atom stereocenters. The molecule has 0 aliphatic heterocycles. The molecule has 0 N–H and O–H groups in total. The van der Waals surface area contributed by atoms with Gasteiger partial charge in [0.25, 0.3) is 0 Å². The van der Waals surface area contributed by atoms with Gasteiger partial charge >= 0.3 is 5.97 Å². The first-order valence-corrected chi connectivity index (χ1v) is 14.0. The van der Waals surface area contributed by atoms with Crippen molar-refractivity contribution in [1.29, 1.82) is 0 Å². The Labute approximate surface area is 234 Å². The molecule has 7 heteroatoms. The maximum atomic E-state index is 15.6. The Morgan fingerprint density at radius 3 is 2.52 bits per heavy atom. The molecule has 5 nitrogen and oxygen atoms in total. The van der Waals surface area contributed by atoms with Crippen LogP contribution < -0.4 is 9.47 Å². The van der Waals surface area contributed by atoms with Crippen LogP contribution in [0.15, 0.2) is 48.7 Å². The molecule has 2 aliphatic carbocycles. The molecule has 0 bridgehead atoms. The van der Waals surface area contributed by atoms with Gasteiger partial charge in [0.1, 0.15) is 24.0 Å². The average Bonchev–Trinajstić information content (AvgIpc) is 3.73. The number of carbonyl (C=O) groups excluding carboxylic acids is 1. The molecule has 0 spiro atoms. The average molecular weight is 550 g/mol. The Morgan fingerprint density at radius 2 is 1.85 bits per heavy atom. The van der Waals surface area contributed by atoms with Gasteiger partial charge in [-0.25, -0.2) is 13.8 Å². The van der Waals surface area contributed by atoms with Gasteiger partial charge in [-0.1, -0.05) is 32.4 Å². The van der Waals surface area contributed by atoms with Crippen LogP contribution in [0, 0.1) is 23.0 Å². The summed E-state index contributed by atoms with van der Waals surface area (Å²) in [5.74, 6) is 0.371. The Hall–Kier alpha value is -3.48. The van der Waals surface area contributed by atoms with Gasteiger partial charge in [-0.3, -0.25) is 4.79 Å². The topological polar surface area (TPSA) is 57.7 Å². The predicted octanol–water partition coefficient (Wildman–Crippen LogP) is 7.96. The lowest BCUT2D eigenvalue weighted by Gasteiger charge is -2.30. The van der Waals surface area contributed by atoms with Crippen LogP contribution in [0.2, 0.25) is 0 Å². The first kappa shape index (κ1) is 28.1. The molecule has 2 saturated carbocycles. The minimum absolute atomic E-state index is 0.00983. The molecule has 1 heterocycles. The summed E-state index contributed by atoms with van der Waals surface area (Å²) in [5.41, 5.74) is 3.15. The second kappa shape index (κ2) is 11.6. The number of pyridine rings is 1. The summed E-state index contributed by atoms with van der Waals surface area (Å²) >= 11 is 0. The van der Waals surface area contributed by atoms with Gasteiger partial charge in [-0.2, -0.15) is 0 Å². The predicted molar refractivity (Wildman–Crippen MR) is 149 cm³/mol. The van der Waals surface area contributed by atoms with E-state index in [2.05, 4.69) is 18.8 Å². The lowest BCUT2D eigenvalue weighted by Crippen LogP contribution is -2.17. The maximum Gasteiger partial charge on any atom is 0.306 e. The lowest BCUT2D eigenvalue weighted by atomic mass is 9.75. The summed E-state index contributed by atoms with van der Waals surface area (Å²) in [6.45, 7) is 4.46. The van der Waals surface area contributed by atoms with Crippen LogP contribution in [0.1, 0.15) is 80.9 Å². The first-order chi connectivity index (χ1) is 19.2. The summed E-state index contributed by atoms with van der Waals surface area (Å²) in [6.07, 6.45) is 6.68. The molecule has 5 rings (SSSR count). The third-order valence-corrected chi connectivity index (χ3v) is 8.67. The van der Waals surface area contributed by atoms with E-state index in [9.17, 15) is 4.79 Å². The van der Waals surface area contributed by atoms with Crippen molar-refractivity contribution in [3.8, 4) is 22.8 Å². The summed E-state index contributed by atoms with van der Waals surface area (Å²) in [7, 11) is 2.88. The molecular weight excluding hydrogens is 512 g/mol. The number of aromatic nitrogens is 1. The van der Waals surface area contributed by atoms with Crippen molar-refractivity contribution in [1.82, 2.24) is 4.98 Å². The van der Waals surface area contributed by atoms with Crippen LogP contribution in [0.3, 0.4) is 0 Å². The Balaban J connectivity index is 1.46. The normalized spacial score (nSPS) is 18.8. The van der Waals surface area contributed by atoms with Crippen molar-refractivity contribution in [2.45, 2.75) is 70.8 Å². The Morgan fingerprint density at radius 1 is 1.05 bits per heavy atom. The van der Waals surface area contributed by atoms with Gasteiger partial charge in [0, 0.05) is 17.2 Å². The second-order valence-electron chi connectivity index (χ2n) is 11.8. The molecule has 1 aromatic heterocycles. The van der Waals surface area contributed by atoms with E-state index in [0.29, 0.717) is 29.2 Å². The van der Waals surface area contributed by atoms with Crippen LogP contribution >= 0.6 is 0 Å². The third kappa shape index (κ3) is 5.98. The highest BCUT2D eigenvalue weighted by Crippen LogP contribution is 2.52. The largest absolute Gasteiger partial charge is 0.489 e. The van der Waals surface area contributed by atoms with Crippen molar-refractivity contribution < 1.29 is 27.8 Å². The number of hydrogen-bond donors (Lipinski definition) is 0. The standard InChI is InChI=1S/C33H37F2NO4/c1-33(2)12-6-9-28(33)26-14-22(29(34)15-25(26)27-16-31(38-3)36-18-30(27)35)19-40-23-8-5-7-21(13-23)24(20-10-11-20)17-32(37)39-4/h5,7-8,13-16,18,20,24,28H,6,9-12,17,19H2,1-4H3/t24-,28+/m0/s1. The van der Waals surface area contributed by atoms with Crippen molar-refractivity contribution in [2.75, 3.05) is 14.2 Å². The van der Waals surface area contributed by atoms with Gasteiger partial charge in [-0.05, 0) is 89.8 Å². The van der Waals surface area contributed by atoms with Crippen LogP contribution in [0.25, 0.3) is 11.1 Å². The zero-order valence-electron chi connectivity index (χ0n) is 23.6. The van der Waals surface area contributed by atoms with Crippen molar-refractivity contribution in [3.63, 3.8) is 0 Å². The fourth-order valence-electron chi connectivity index (χ4n) is 6.22. The number of hydrogen-bond acceptors (Lipinski definition) is 5. The fourth-order valence-corrected chi connectivity index (χ4v) is 6.22. The SMILES string of the molecule is COC(=O)C[C@H](c1cccc(OCc2cc([C@H]3CCCC3(C)C)c(-c3cc(OC)ncc3F)cc2F)c1)C1CC1. The van der Waals surface area contributed by atoms with E-state index in [0.717, 1.165) is 49.4 Å². The van der Waals surface area contributed by atoms with E-state index in [-0.39, 0.29) is 41.3 Å². The molecule has 0 radical (unpaired) electrons. The second-order valence-corrected chi connectivity index (χ2v) is 11.8. The number of benzene rings is 2. The molecule has 2 aliphatic rings. The van der Waals surface area contributed by atoms with E-state index >= 15 is 8.78 Å². The zero-order chi connectivity index (χ0) is 28.4.